The van der Waals surface area contributed by atoms with E-state index in [9.17, 15) is 9.59 Å². The molecular weight excluding hydrogens is 222 g/mol. The monoisotopic (exact) mass is 239 g/mol. The fraction of sp³-hybridized carbons (Fsp3) is 0.545. The van der Waals surface area contributed by atoms with E-state index in [1.807, 2.05) is 6.92 Å². The molecule has 1 aliphatic heterocycles. The summed E-state index contributed by atoms with van der Waals surface area (Å²) in [6.07, 6.45) is 1.30. The molecule has 0 aromatic carbocycles. The van der Waals surface area contributed by atoms with Gasteiger partial charge in [-0.15, -0.1) is 0 Å². The van der Waals surface area contributed by atoms with E-state index in [0.717, 1.165) is 5.71 Å². The minimum absolute atomic E-state index is 0.378. The lowest BCUT2D eigenvalue weighted by Crippen LogP contribution is -2.44. The van der Waals surface area contributed by atoms with Crippen molar-refractivity contribution in [1.29, 1.82) is 0 Å². The molecule has 2 N–H and O–H groups in total. The van der Waals surface area contributed by atoms with Crippen LogP contribution in [0.15, 0.2) is 16.8 Å². The number of aliphatic imine (C=N–C) groups is 1. The molecule has 0 aromatic rings. The van der Waals surface area contributed by atoms with Crippen molar-refractivity contribution in [2.75, 3.05) is 0 Å². The Morgan fingerprint density at radius 2 is 2.00 bits per heavy atom. The summed E-state index contributed by atoms with van der Waals surface area (Å²) in [6, 6.07) is 0. The molecule has 0 atom stereocenters. The molecule has 0 bridgehead atoms. The summed E-state index contributed by atoms with van der Waals surface area (Å²) >= 11 is 0. The van der Waals surface area contributed by atoms with E-state index in [-0.39, 0.29) is 5.91 Å². The average Bonchev–Trinajstić information content (AvgIpc) is 2.58. The minimum Gasteiger partial charge on any atom is -0.443 e. The first-order valence-electron chi connectivity index (χ1n) is 5.29. The second-order valence-corrected chi connectivity index (χ2v) is 4.78. The molecule has 17 heavy (non-hydrogen) atoms. The first-order chi connectivity index (χ1) is 7.78. The molecule has 0 saturated carbocycles. The Morgan fingerprint density at radius 1 is 1.35 bits per heavy atom. The minimum atomic E-state index is -0.693. The zero-order chi connectivity index (χ0) is 13.1. The van der Waals surface area contributed by atoms with E-state index in [0.29, 0.717) is 12.0 Å². The fourth-order valence-corrected chi connectivity index (χ4v) is 1.19. The van der Waals surface area contributed by atoms with E-state index in [4.69, 9.17) is 4.74 Å². The number of ether oxygens (including phenoxy) is 1. The van der Waals surface area contributed by atoms with E-state index < -0.39 is 11.7 Å². The van der Waals surface area contributed by atoms with Crippen LogP contribution >= 0.6 is 0 Å². The number of hydrogen-bond donors (Lipinski definition) is 2. The van der Waals surface area contributed by atoms with Crippen molar-refractivity contribution in [3.05, 3.63) is 11.8 Å². The van der Waals surface area contributed by atoms with E-state index >= 15 is 0 Å². The molecule has 0 fully saturated rings. The number of carbonyl (C=O) groups is 2. The van der Waals surface area contributed by atoms with Crippen LogP contribution in [0.2, 0.25) is 0 Å². The Kier molecular flexibility index (Phi) is 3.88. The zero-order valence-corrected chi connectivity index (χ0v) is 10.5. The van der Waals surface area contributed by atoms with E-state index in [1.54, 1.807) is 20.8 Å². The van der Waals surface area contributed by atoms with E-state index in [1.165, 1.54) is 6.20 Å². The molecule has 1 rings (SSSR count). The normalized spacial score (nSPS) is 14.8. The Morgan fingerprint density at radius 3 is 2.47 bits per heavy atom. The maximum atomic E-state index is 11.5. The molecule has 0 saturated heterocycles. The first-order valence-corrected chi connectivity index (χ1v) is 5.29. The van der Waals surface area contributed by atoms with Crippen LogP contribution in [0, 0.1) is 0 Å². The maximum Gasteiger partial charge on any atom is 0.426 e. The molecule has 1 heterocycles. The van der Waals surface area contributed by atoms with Crippen molar-refractivity contribution in [3.63, 3.8) is 0 Å². The van der Waals surface area contributed by atoms with Crippen LogP contribution in [0.3, 0.4) is 0 Å². The highest BCUT2D eigenvalue weighted by Gasteiger charge is 2.18. The van der Waals surface area contributed by atoms with E-state index in [2.05, 4.69) is 15.8 Å². The molecule has 6 heteroatoms. The van der Waals surface area contributed by atoms with Gasteiger partial charge >= 0.3 is 6.09 Å². The van der Waals surface area contributed by atoms with Crippen LogP contribution in [0.1, 0.15) is 34.1 Å². The van der Waals surface area contributed by atoms with Crippen LogP contribution < -0.4 is 10.9 Å². The lowest BCUT2D eigenvalue weighted by molar-refractivity contribution is -0.118. The predicted octanol–water partition coefficient (Wildman–Crippen LogP) is 1.29. The molecule has 0 aromatic heterocycles. The summed E-state index contributed by atoms with van der Waals surface area (Å²) in [7, 11) is 0. The van der Waals surface area contributed by atoms with Gasteiger partial charge in [0, 0.05) is 23.9 Å². The van der Waals surface area contributed by atoms with Crippen molar-refractivity contribution in [2.45, 2.75) is 39.7 Å². The van der Waals surface area contributed by atoms with Crippen molar-refractivity contribution < 1.29 is 14.3 Å². The van der Waals surface area contributed by atoms with Crippen molar-refractivity contribution in [3.8, 4) is 0 Å². The van der Waals surface area contributed by atoms with Gasteiger partial charge in [0.25, 0.3) is 5.91 Å². The van der Waals surface area contributed by atoms with Gasteiger partial charge < -0.3 is 4.74 Å². The summed E-state index contributed by atoms with van der Waals surface area (Å²) in [5.74, 6) is -0.378. The zero-order valence-electron chi connectivity index (χ0n) is 10.5. The van der Waals surface area contributed by atoms with Gasteiger partial charge in [-0.3, -0.25) is 15.2 Å². The summed E-state index contributed by atoms with van der Waals surface area (Å²) in [5.41, 5.74) is 5.23. The quantitative estimate of drug-likeness (QED) is 0.677. The number of hydrogen-bond acceptors (Lipinski definition) is 4. The van der Waals surface area contributed by atoms with Gasteiger partial charge in [-0.2, -0.15) is 0 Å². The smallest absolute Gasteiger partial charge is 0.426 e. The third-order valence-corrected chi connectivity index (χ3v) is 1.86. The van der Waals surface area contributed by atoms with Gasteiger partial charge in [-0.25, -0.2) is 10.2 Å². The molecule has 6 nitrogen and oxygen atoms in total. The first kappa shape index (κ1) is 13.2. The predicted molar refractivity (Wildman–Crippen MR) is 63.3 cm³/mol. The highest BCUT2D eigenvalue weighted by atomic mass is 16.6. The average molecular weight is 239 g/mol. The highest BCUT2D eigenvalue weighted by Crippen LogP contribution is 2.10. The molecule has 94 valence electrons. The van der Waals surface area contributed by atoms with Crippen LogP contribution in [0.5, 0.6) is 0 Å². The number of amides is 2. The summed E-state index contributed by atoms with van der Waals surface area (Å²) < 4.78 is 4.96. The number of carbonyl (C=O) groups excluding carboxylic acids is 2. The van der Waals surface area contributed by atoms with Gasteiger partial charge in [-0.1, -0.05) is 0 Å². The standard InChI is InChI=1S/C11H17N3O3/c1-7-5-8(6-12-7)9(15)13-14-10(16)17-11(2,3)4/h6H,5H2,1-4H3,(H,13,15)(H,14,16). The largest absolute Gasteiger partial charge is 0.443 e. The number of nitrogens with one attached hydrogen (secondary N) is 2. The summed E-state index contributed by atoms with van der Waals surface area (Å²) in [5, 5.41) is 0. The van der Waals surface area contributed by atoms with Gasteiger partial charge in [-0.05, 0) is 27.7 Å². The van der Waals surface area contributed by atoms with Crippen molar-refractivity contribution in [1.82, 2.24) is 10.9 Å². The Balaban J connectivity index is 2.32. The van der Waals surface area contributed by atoms with Crippen molar-refractivity contribution >= 4 is 17.7 Å². The molecule has 0 unspecified atom stereocenters. The van der Waals surface area contributed by atoms with Crippen LogP contribution in [-0.2, 0) is 9.53 Å². The fourth-order valence-electron chi connectivity index (χ4n) is 1.19. The van der Waals surface area contributed by atoms with Gasteiger partial charge in [0.15, 0.2) is 0 Å². The number of nitrogens with zero attached hydrogens (tertiary/aromatic N) is 1. The Bertz CT molecular complexity index is 391. The third-order valence-electron chi connectivity index (χ3n) is 1.86. The molecular formula is C11H17N3O3. The molecule has 0 spiro atoms. The topological polar surface area (TPSA) is 79.8 Å². The summed E-state index contributed by atoms with van der Waals surface area (Å²) in [4.78, 5) is 26.8. The van der Waals surface area contributed by atoms with Crippen LogP contribution in [-0.4, -0.2) is 23.3 Å². The SMILES string of the molecule is CC1=NC=C(C(=O)NNC(=O)OC(C)(C)C)C1. The van der Waals surface area contributed by atoms with Gasteiger partial charge in [0.2, 0.25) is 0 Å². The van der Waals surface area contributed by atoms with Crippen LogP contribution in [0.25, 0.3) is 0 Å². The maximum absolute atomic E-state index is 11.5. The second-order valence-electron chi connectivity index (χ2n) is 4.78. The van der Waals surface area contributed by atoms with Gasteiger partial charge in [0.05, 0.1) is 0 Å². The van der Waals surface area contributed by atoms with Crippen molar-refractivity contribution in [2.24, 2.45) is 4.99 Å². The molecule has 1 aliphatic rings. The molecule has 0 aliphatic carbocycles. The molecule has 0 radical (unpaired) electrons. The van der Waals surface area contributed by atoms with Gasteiger partial charge in [0.1, 0.15) is 5.60 Å². The third kappa shape index (κ3) is 4.67. The van der Waals surface area contributed by atoms with Crippen LogP contribution in [0.4, 0.5) is 4.79 Å². The molecule has 2 amide bonds. The Labute approximate surface area is 100 Å². The number of rotatable bonds is 1. The highest BCUT2D eigenvalue weighted by molar-refractivity contribution is 6.02. The second kappa shape index (κ2) is 4.99. The lowest BCUT2D eigenvalue weighted by Gasteiger charge is -2.19. The number of hydrazine groups is 1. The lowest BCUT2D eigenvalue weighted by atomic mass is 10.2. The summed E-state index contributed by atoms with van der Waals surface area (Å²) in [6.45, 7) is 7.05. The Hall–Kier alpha value is -1.85.